The topological polar surface area (TPSA) is 46.5 Å². The number of carbonyl (C=O) groups is 1. The lowest BCUT2D eigenvalue weighted by atomic mass is 9.99. The highest BCUT2D eigenvalue weighted by atomic mass is 16.5. The van der Waals surface area contributed by atoms with Gasteiger partial charge in [-0.05, 0) is 18.8 Å². The van der Waals surface area contributed by atoms with Gasteiger partial charge in [-0.25, -0.2) is 0 Å². The molecule has 1 aliphatic heterocycles. The smallest absolute Gasteiger partial charge is 0.303 e. The standard InChI is InChI=1S/C7H12O3/c8-7(9)4-6-2-1-3-10-5-6/h6H,1-5H2,(H,8,9)/t6-/m0/s1. The van der Waals surface area contributed by atoms with Crippen LogP contribution in [0.4, 0.5) is 0 Å². The molecule has 1 aliphatic rings. The van der Waals surface area contributed by atoms with Gasteiger partial charge in [-0.2, -0.15) is 0 Å². The van der Waals surface area contributed by atoms with Gasteiger partial charge < -0.3 is 9.84 Å². The molecule has 0 aromatic rings. The lowest BCUT2D eigenvalue weighted by Crippen LogP contribution is -2.19. The summed E-state index contributed by atoms with van der Waals surface area (Å²) in [5, 5.41) is 8.41. The Hall–Kier alpha value is -0.570. The summed E-state index contributed by atoms with van der Waals surface area (Å²) in [7, 11) is 0. The van der Waals surface area contributed by atoms with Crippen molar-refractivity contribution in [3.63, 3.8) is 0 Å². The van der Waals surface area contributed by atoms with Gasteiger partial charge in [-0.3, -0.25) is 4.79 Å². The minimum absolute atomic E-state index is 0.256. The molecule has 0 bridgehead atoms. The SMILES string of the molecule is O=C(O)C[C@@H]1CCCOC1. The summed E-state index contributed by atoms with van der Waals surface area (Å²) in [5.74, 6) is -0.457. The summed E-state index contributed by atoms with van der Waals surface area (Å²) in [6.45, 7) is 1.43. The van der Waals surface area contributed by atoms with Crippen LogP contribution in [0.25, 0.3) is 0 Å². The van der Waals surface area contributed by atoms with Crippen molar-refractivity contribution >= 4 is 5.97 Å². The van der Waals surface area contributed by atoms with E-state index < -0.39 is 5.97 Å². The van der Waals surface area contributed by atoms with E-state index >= 15 is 0 Å². The quantitative estimate of drug-likeness (QED) is 0.626. The summed E-state index contributed by atoms with van der Waals surface area (Å²) >= 11 is 0. The van der Waals surface area contributed by atoms with Crippen molar-refractivity contribution in [2.75, 3.05) is 13.2 Å². The predicted octanol–water partition coefficient (Wildman–Crippen LogP) is 0.888. The van der Waals surface area contributed by atoms with E-state index in [4.69, 9.17) is 9.84 Å². The summed E-state index contributed by atoms with van der Waals surface area (Å²) in [6, 6.07) is 0. The average molecular weight is 144 g/mol. The van der Waals surface area contributed by atoms with Crippen molar-refractivity contribution in [3.8, 4) is 0 Å². The molecule has 3 heteroatoms. The maximum atomic E-state index is 10.2. The maximum absolute atomic E-state index is 10.2. The second-order valence-corrected chi connectivity index (χ2v) is 2.68. The number of carboxylic acids is 1. The fourth-order valence-electron chi connectivity index (χ4n) is 1.22. The van der Waals surface area contributed by atoms with E-state index in [0.717, 1.165) is 19.4 Å². The van der Waals surface area contributed by atoms with Gasteiger partial charge in [0.2, 0.25) is 0 Å². The molecule has 1 saturated heterocycles. The zero-order valence-electron chi connectivity index (χ0n) is 5.88. The molecule has 3 nitrogen and oxygen atoms in total. The molecule has 1 atom stereocenters. The minimum Gasteiger partial charge on any atom is -0.481 e. The maximum Gasteiger partial charge on any atom is 0.303 e. The van der Waals surface area contributed by atoms with Gasteiger partial charge in [-0.15, -0.1) is 0 Å². The lowest BCUT2D eigenvalue weighted by Gasteiger charge is -2.19. The number of ether oxygens (including phenoxy) is 1. The van der Waals surface area contributed by atoms with Crippen molar-refractivity contribution in [2.45, 2.75) is 19.3 Å². The molecular weight excluding hydrogens is 132 g/mol. The third-order valence-corrected chi connectivity index (χ3v) is 1.72. The summed E-state index contributed by atoms with van der Waals surface area (Å²) in [4.78, 5) is 10.2. The second-order valence-electron chi connectivity index (χ2n) is 2.68. The molecular formula is C7H12O3. The highest BCUT2D eigenvalue weighted by Crippen LogP contribution is 2.16. The van der Waals surface area contributed by atoms with E-state index in [1.165, 1.54) is 0 Å². The molecule has 1 rings (SSSR count). The molecule has 0 spiro atoms. The van der Waals surface area contributed by atoms with Crippen LogP contribution < -0.4 is 0 Å². The first-order chi connectivity index (χ1) is 4.79. The van der Waals surface area contributed by atoms with Crippen LogP contribution in [-0.2, 0) is 9.53 Å². The van der Waals surface area contributed by atoms with Crippen LogP contribution in [-0.4, -0.2) is 24.3 Å². The fraction of sp³-hybridized carbons (Fsp3) is 0.857. The Kier molecular flexibility index (Phi) is 2.68. The largest absolute Gasteiger partial charge is 0.481 e. The molecule has 0 amide bonds. The minimum atomic E-state index is -0.712. The first-order valence-electron chi connectivity index (χ1n) is 3.58. The number of rotatable bonds is 2. The number of hydrogen-bond donors (Lipinski definition) is 1. The molecule has 58 valence electrons. The van der Waals surface area contributed by atoms with Crippen LogP contribution in [0, 0.1) is 5.92 Å². The van der Waals surface area contributed by atoms with Gasteiger partial charge in [0.05, 0.1) is 6.42 Å². The summed E-state index contributed by atoms with van der Waals surface area (Å²) < 4.78 is 5.12. The Morgan fingerprint density at radius 1 is 1.70 bits per heavy atom. The van der Waals surface area contributed by atoms with Gasteiger partial charge in [0, 0.05) is 13.2 Å². The molecule has 1 N–H and O–H groups in total. The second kappa shape index (κ2) is 3.56. The van der Waals surface area contributed by atoms with Gasteiger partial charge >= 0.3 is 5.97 Å². The molecule has 0 aromatic carbocycles. The van der Waals surface area contributed by atoms with E-state index in [9.17, 15) is 4.79 Å². The van der Waals surface area contributed by atoms with E-state index in [2.05, 4.69) is 0 Å². The summed E-state index contributed by atoms with van der Waals surface area (Å²) in [5.41, 5.74) is 0. The molecule has 0 unspecified atom stereocenters. The van der Waals surface area contributed by atoms with E-state index in [-0.39, 0.29) is 12.3 Å². The molecule has 0 aliphatic carbocycles. The van der Waals surface area contributed by atoms with Crippen LogP contribution in [0.1, 0.15) is 19.3 Å². The van der Waals surface area contributed by atoms with Crippen molar-refractivity contribution in [2.24, 2.45) is 5.92 Å². The van der Waals surface area contributed by atoms with Crippen molar-refractivity contribution in [3.05, 3.63) is 0 Å². The molecule has 0 saturated carbocycles. The third-order valence-electron chi connectivity index (χ3n) is 1.72. The first-order valence-corrected chi connectivity index (χ1v) is 3.58. The Labute approximate surface area is 60.0 Å². The third kappa shape index (κ3) is 2.35. The average Bonchev–Trinajstić information content (AvgIpc) is 1.88. The Bertz CT molecular complexity index is 116. The van der Waals surface area contributed by atoms with Gasteiger partial charge in [0.15, 0.2) is 0 Å². The zero-order chi connectivity index (χ0) is 7.40. The normalized spacial score (nSPS) is 26.2. The zero-order valence-corrected chi connectivity index (χ0v) is 5.88. The van der Waals surface area contributed by atoms with Crippen molar-refractivity contribution in [1.29, 1.82) is 0 Å². The van der Waals surface area contributed by atoms with E-state index in [0.29, 0.717) is 6.61 Å². The molecule has 1 fully saturated rings. The van der Waals surface area contributed by atoms with Crippen molar-refractivity contribution in [1.82, 2.24) is 0 Å². The van der Waals surface area contributed by atoms with Gasteiger partial charge in [0.25, 0.3) is 0 Å². The summed E-state index contributed by atoms with van der Waals surface area (Å²) in [6.07, 6.45) is 2.28. The van der Waals surface area contributed by atoms with Crippen LogP contribution in [0.5, 0.6) is 0 Å². The number of hydrogen-bond acceptors (Lipinski definition) is 2. The number of aliphatic carboxylic acids is 1. The Balaban J connectivity index is 2.19. The monoisotopic (exact) mass is 144 g/mol. The van der Waals surface area contributed by atoms with Crippen LogP contribution in [0.3, 0.4) is 0 Å². The highest BCUT2D eigenvalue weighted by Gasteiger charge is 2.16. The van der Waals surface area contributed by atoms with Crippen molar-refractivity contribution < 1.29 is 14.6 Å². The van der Waals surface area contributed by atoms with Crippen LogP contribution in [0.15, 0.2) is 0 Å². The Morgan fingerprint density at radius 2 is 2.50 bits per heavy atom. The lowest BCUT2D eigenvalue weighted by molar-refractivity contribution is -0.139. The van der Waals surface area contributed by atoms with Crippen LogP contribution >= 0.6 is 0 Å². The van der Waals surface area contributed by atoms with Gasteiger partial charge in [-0.1, -0.05) is 0 Å². The Morgan fingerprint density at radius 3 is 3.00 bits per heavy atom. The van der Waals surface area contributed by atoms with E-state index in [1.54, 1.807) is 0 Å². The molecule has 10 heavy (non-hydrogen) atoms. The molecule has 0 aromatic heterocycles. The molecule has 0 radical (unpaired) electrons. The molecule has 1 heterocycles. The predicted molar refractivity (Wildman–Crippen MR) is 35.8 cm³/mol. The first kappa shape index (κ1) is 7.54. The van der Waals surface area contributed by atoms with Gasteiger partial charge in [0.1, 0.15) is 0 Å². The van der Waals surface area contributed by atoms with Crippen LogP contribution in [0.2, 0.25) is 0 Å². The fourth-order valence-corrected chi connectivity index (χ4v) is 1.22. The van der Waals surface area contributed by atoms with E-state index in [1.807, 2.05) is 0 Å². The number of carboxylic acid groups (broad SMARTS) is 1. The highest BCUT2D eigenvalue weighted by molar-refractivity contribution is 5.67.